The summed E-state index contributed by atoms with van der Waals surface area (Å²) in [6.07, 6.45) is 10.3. The Balaban J connectivity index is 1.27. The van der Waals surface area contributed by atoms with Gasteiger partial charge < -0.3 is 28.8 Å². The molecule has 5 aromatic rings. The van der Waals surface area contributed by atoms with Gasteiger partial charge in [-0.25, -0.2) is 0 Å². The summed E-state index contributed by atoms with van der Waals surface area (Å²) in [5.41, 5.74) is 8.24. The molecule has 0 bridgehead atoms. The van der Waals surface area contributed by atoms with Gasteiger partial charge in [0.05, 0.1) is 29.4 Å². The molecule has 0 atom stereocenters. The highest BCUT2D eigenvalue weighted by molar-refractivity contribution is 5.78. The summed E-state index contributed by atoms with van der Waals surface area (Å²) in [5.74, 6) is 9.06. The van der Waals surface area contributed by atoms with Crippen LogP contribution < -0.4 is 9.47 Å². The van der Waals surface area contributed by atoms with Crippen LogP contribution in [0, 0.1) is 30.8 Å². The average molecular weight is 733 g/mol. The van der Waals surface area contributed by atoms with Crippen LogP contribution in [-0.4, -0.2) is 32.6 Å². The minimum atomic E-state index is -0.168. The average Bonchev–Trinajstić information content (AvgIpc) is 3.22. The van der Waals surface area contributed by atoms with Crippen molar-refractivity contribution in [2.24, 2.45) is 20.5 Å². The van der Waals surface area contributed by atoms with E-state index in [-0.39, 0.29) is 27.0 Å². The summed E-state index contributed by atoms with van der Waals surface area (Å²) in [4.78, 5) is 0. The molecule has 0 amide bonds. The van der Waals surface area contributed by atoms with Crippen LogP contribution in [0.1, 0.15) is 40.3 Å². The molecule has 0 heterocycles. The third-order valence-corrected chi connectivity index (χ3v) is 7.64. The van der Waals surface area contributed by atoms with E-state index in [4.69, 9.17) is 23.7 Å². The second-order valence-corrected chi connectivity index (χ2v) is 11.7. The molecule has 5 aromatic carbocycles. The number of benzene rings is 5. The largest absolute Gasteiger partial charge is 0.467 e. The number of ether oxygens (including phenoxy) is 5. The van der Waals surface area contributed by atoms with Crippen molar-refractivity contribution in [2.75, 3.05) is 27.5 Å². The second-order valence-electron chi connectivity index (χ2n) is 11.7. The maximum atomic E-state index is 10.3. The summed E-state index contributed by atoms with van der Waals surface area (Å²) in [6, 6.07) is 34.1. The van der Waals surface area contributed by atoms with Crippen LogP contribution in [-0.2, 0) is 20.8 Å². The van der Waals surface area contributed by atoms with Gasteiger partial charge in [0.1, 0.15) is 24.4 Å². The predicted molar refractivity (Wildman–Crippen MR) is 215 cm³/mol. The molecule has 0 aliphatic rings. The van der Waals surface area contributed by atoms with Crippen molar-refractivity contribution in [3.63, 3.8) is 0 Å². The van der Waals surface area contributed by atoms with Crippen LogP contribution in [0.4, 0.5) is 22.7 Å². The maximum absolute atomic E-state index is 10.3. The molecule has 0 radical (unpaired) electrons. The van der Waals surface area contributed by atoms with E-state index in [1.807, 2.05) is 116 Å². The SMILES string of the molecule is CC#CC#COc1ccc(N=Nc2ccc(/C=C/c3cc(CO)c(/C=C/c4ccc(N=Nc5ccc(C)cc5)cc4)cc3OCOCOCOC)cc2)cc1. The van der Waals surface area contributed by atoms with Crippen molar-refractivity contribution in [1.29, 1.82) is 0 Å². The number of rotatable bonds is 17. The highest BCUT2D eigenvalue weighted by atomic mass is 16.8. The lowest BCUT2D eigenvalue weighted by Crippen LogP contribution is -2.09. The normalized spacial score (nSPS) is 11.2. The van der Waals surface area contributed by atoms with Crippen LogP contribution in [0.25, 0.3) is 24.3 Å². The Bertz CT molecular complexity index is 2220. The summed E-state index contributed by atoms with van der Waals surface area (Å²) in [7, 11) is 1.54. The van der Waals surface area contributed by atoms with Crippen molar-refractivity contribution in [3.05, 3.63) is 143 Å². The minimum absolute atomic E-state index is 0.00875. The van der Waals surface area contributed by atoms with E-state index in [1.54, 1.807) is 31.2 Å². The van der Waals surface area contributed by atoms with Crippen LogP contribution >= 0.6 is 0 Å². The molecular weight excluding hydrogens is 693 g/mol. The molecular formula is C45H40N4O6. The molecule has 276 valence electrons. The van der Waals surface area contributed by atoms with Crippen LogP contribution in [0.5, 0.6) is 11.5 Å². The molecule has 55 heavy (non-hydrogen) atoms. The van der Waals surface area contributed by atoms with Gasteiger partial charge in [-0.1, -0.05) is 72.2 Å². The van der Waals surface area contributed by atoms with Gasteiger partial charge in [-0.05, 0) is 115 Å². The zero-order valence-corrected chi connectivity index (χ0v) is 30.8. The van der Waals surface area contributed by atoms with E-state index in [1.165, 1.54) is 12.7 Å². The Morgan fingerprint density at radius 1 is 0.600 bits per heavy atom. The molecule has 10 heteroatoms. The van der Waals surface area contributed by atoms with E-state index < -0.39 is 0 Å². The number of azo groups is 2. The molecule has 10 nitrogen and oxygen atoms in total. The lowest BCUT2D eigenvalue weighted by molar-refractivity contribution is -0.145. The molecule has 0 aromatic heterocycles. The number of methoxy groups -OCH3 is 1. The fourth-order valence-electron chi connectivity index (χ4n) is 4.79. The molecule has 0 saturated carbocycles. The van der Waals surface area contributed by atoms with Crippen LogP contribution in [0.3, 0.4) is 0 Å². The quantitative estimate of drug-likeness (QED) is 0.0334. The number of nitrogens with zero attached hydrogens (tertiary/aromatic N) is 4. The minimum Gasteiger partial charge on any atom is -0.467 e. The van der Waals surface area contributed by atoms with E-state index in [0.717, 1.165) is 39.2 Å². The molecule has 0 unspecified atom stereocenters. The third kappa shape index (κ3) is 13.4. The molecule has 0 fully saturated rings. The number of aryl methyl sites for hydroxylation is 1. The summed E-state index contributed by atoms with van der Waals surface area (Å²) in [6.45, 7) is 3.64. The lowest BCUT2D eigenvalue weighted by atomic mass is 10.0. The number of aliphatic hydroxyl groups is 1. The fraction of sp³-hybridized carbons (Fsp3) is 0.156. The molecule has 0 saturated heterocycles. The first-order valence-corrected chi connectivity index (χ1v) is 17.2. The fourth-order valence-corrected chi connectivity index (χ4v) is 4.79. The first-order valence-electron chi connectivity index (χ1n) is 17.2. The summed E-state index contributed by atoms with van der Waals surface area (Å²) >= 11 is 0. The van der Waals surface area contributed by atoms with Gasteiger partial charge in [-0.15, -0.1) is 0 Å². The van der Waals surface area contributed by atoms with Crippen LogP contribution in [0.2, 0.25) is 0 Å². The Kier molecular flexibility index (Phi) is 15.7. The van der Waals surface area contributed by atoms with E-state index in [2.05, 4.69) is 44.3 Å². The standard InChI is InChI=1S/C45H40N4O6/c1-4-5-6-27-54-44-25-23-43(24-26-44)49-48-42-21-13-36(14-22-42)10-16-38-28-39(30-50)37(29-45(38)55-33-53-32-52-31-51-3)15-9-35-11-19-41(20-12-35)47-46-40-17-7-34(2)8-18-40/h7-26,28-29,50H,30-33H2,1-3H3/b15-9+,16-10+,47-46?,49-48?. The van der Waals surface area contributed by atoms with Gasteiger partial charge in [0, 0.05) is 18.6 Å². The van der Waals surface area contributed by atoms with E-state index >= 15 is 0 Å². The van der Waals surface area contributed by atoms with Gasteiger partial charge in [0.2, 0.25) is 0 Å². The topological polar surface area (TPSA) is 116 Å². The molecule has 0 aliphatic carbocycles. The summed E-state index contributed by atoms with van der Waals surface area (Å²) < 4.78 is 26.9. The van der Waals surface area contributed by atoms with Crippen molar-refractivity contribution in [1.82, 2.24) is 0 Å². The molecule has 1 N–H and O–H groups in total. The second kappa shape index (κ2) is 21.8. The predicted octanol–water partition coefficient (Wildman–Crippen LogP) is 11.0. The van der Waals surface area contributed by atoms with Crippen molar-refractivity contribution < 1.29 is 28.8 Å². The third-order valence-electron chi connectivity index (χ3n) is 7.64. The van der Waals surface area contributed by atoms with Crippen molar-refractivity contribution in [3.8, 4) is 35.4 Å². The van der Waals surface area contributed by atoms with Gasteiger partial charge in [-0.2, -0.15) is 20.5 Å². The Morgan fingerprint density at radius 3 is 1.67 bits per heavy atom. The number of aliphatic hydroxyl groups excluding tert-OH is 1. The van der Waals surface area contributed by atoms with E-state index in [0.29, 0.717) is 22.9 Å². The zero-order valence-electron chi connectivity index (χ0n) is 30.8. The van der Waals surface area contributed by atoms with Crippen LogP contribution in [0.15, 0.2) is 130 Å². The number of hydrogen-bond acceptors (Lipinski definition) is 10. The van der Waals surface area contributed by atoms with Crippen molar-refractivity contribution in [2.45, 2.75) is 20.5 Å². The van der Waals surface area contributed by atoms with Gasteiger partial charge in [-0.3, -0.25) is 0 Å². The first-order chi connectivity index (χ1) is 27.0. The van der Waals surface area contributed by atoms with Gasteiger partial charge in [0.25, 0.3) is 0 Å². The smallest absolute Gasteiger partial charge is 0.191 e. The zero-order chi connectivity index (χ0) is 38.5. The highest BCUT2D eigenvalue weighted by Gasteiger charge is 2.09. The highest BCUT2D eigenvalue weighted by Crippen LogP contribution is 2.29. The maximum Gasteiger partial charge on any atom is 0.191 e. The van der Waals surface area contributed by atoms with Gasteiger partial charge >= 0.3 is 0 Å². The Hall–Kier alpha value is -6.66. The van der Waals surface area contributed by atoms with Gasteiger partial charge in [0.15, 0.2) is 13.6 Å². The molecule has 5 rings (SSSR count). The van der Waals surface area contributed by atoms with E-state index in [9.17, 15) is 5.11 Å². The Labute approximate surface area is 321 Å². The summed E-state index contributed by atoms with van der Waals surface area (Å²) in [5, 5.41) is 27.6. The van der Waals surface area contributed by atoms with Crippen molar-refractivity contribution >= 4 is 47.1 Å². The Morgan fingerprint density at radius 2 is 1.13 bits per heavy atom. The lowest BCUT2D eigenvalue weighted by Gasteiger charge is -2.14. The molecule has 0 aliphatic heterocycles. The number of hydrogen-bond donors (Lipinski definition) is 1. The molecule has 0 spiro atoms. The monoisotopic (exact) mass is 732 g/mol. The first kappa shape index (κ1) is 39.5.